The highest BCUT2D eigenvalue weighted by Gasteiger charge is 2.29. The van der Waals surface area contributed by atoms with Crippen molar-refractivity contribution in [2.24, 2.45) is 10.9 Å². The van der Waals surface area contributed by atoms with E-state index in [-0.39, 0.29) is 17.9 Å². The van der Waals surface area contributed by atoms with E-state index in [1.807, 2.05) is 6.92 Å². The first kappa shape index (κ1) is 16.1. The van der Waals surface area contributed by atoms with Crippen LogP contribution in [0.2, 0.25) is 0 Å². The van der Waals surface area contributed by atoms with Crippen molar-refractivity contribution >= 4 is 11.9 Å². The van der Waals surface area contributed by atoms with Gasteiger partial charge in [-0.3, -0.25) is 9.79 Å². The summed E-state index contributed by atoms with van der Waals surface area (Å²) in [6.07, 6.45) is 5.59. The zero-order valence-electron chi connectivity index (χ0n) is 12.9. The summed E-state index contributed by atoms with van der Waals surface area (Å²) in [5.74, 6) is 1.23. The van der Waals surface area contributed by atoms with E-state index >= 15 is 0 Å². The van der Waals surface area contributed by atoms with E-state index in [2.05, 4.69) is 20.9 Å². The van der Waals surface area contributed by atoms with Crippen molar-refractivity contribution in [3.05, 3.63) is 0 Å². The van der Waals surface area contributed by atoms with E-state index in [9.17, 15) is 9.90 Å². The quantitative estimate of drug-likeness (QED) is 0.324. The number of aliphatic hydroxyl groups is 1. The van der Waals surface area contributed by atoms with E-state index in [1.54, 1.807) is 0 Å². The van der Waals surface area contributed by atoms with E-state index in [1.165, 1.54) is 0 Å². The zero-order valence-corrected chi connectivity index (χ0v) is 12.9. The molecule has 0 spiro atoms. The maximum Gasteiger partial charge on any atom is 0.223 e. The molecule has 2 aliphatic rings. The smallest absolute Gasteiger partial charge is 0.223 e. The summed E-state index contributed by atoms with van der Waals surface area (Å²) in [5, 5.41) is 19.1. The average molecular weight is 296 g/mol. The Morgan fingerprint density at radius 1 is 1.14 bits per heavy atom. The summed E-state index contributed by atoms with van der Waals surface area (Å²) in [7, 11) is 0. The molecule has 0 aromatic heterocycles. The molecule has 1 amide bonds. The van der Waals surface area contributed by atoms with E-state index in [0.717, 1.165) is 51.0 Å². The SMILES string of the molecule is CCNC(=NCCNC(=O)C1CC1)NC1CCC(O)CC1. The minimum absolute atomic E-state index is 0.139. The number of aliphatic hydroxyl groups excluding tert-OH is 1. The molecule has 0 saturated heterocycles. The Bertz CT molecular complexity index is 361. The lowest BCUT2D eigenvalue weighted by atomic mass is 9.93. The van der Waals surface area contributed by atoms with Crippen molar-refractivity contribution in [2.45, 2.75) is 57.6 Å². The molecule has 0 unspecified atom stereocenters. The lowest BCUT2D eigenvalue weighted by Gasteiger charge is -2.27. The molecule has 0 aromatic carbocycles. The Kier molecular flexibility index (Phi) is 6.29. The molecule has 2 aliphatic carbocycles. The van der Waals surface area contributed by atoms with Crippen LogP contribution in [0.1, 0.15) is 45.4 Å². The largest absolute Gasteiger partial charge is 0.393 e. The molecule has 0 aromatic rings. The predicted octanol–water partition coefficient (Wildman–Crippen LogP) is 0.371. The molecule has 2 fully saturated rings. The van der Waals surface area contributed by atoms with Gasteiger partial charge in [0, 0.05) is 25.0 Å². The lowest BCUT2D eigenvalue weighted by molar-refractivity contribution is -0.122. The summed E-state index contributed by atoms with van der Waals surface area (Å²) in [4.78, 5) is 16.0. The molecule has 0 bridgehead atoms. The van der Waals surface area contributed by atoms with Crippen molar-refractivity contribution in [3.63, 3.8) is 0 Å². The normalized spacial score (nSPS) is 26.3. The first-order valence-corrected chi connectivity index (χ1v) is 8.19. The fourth-order valence-corrected chi connectivity index (χ4v) is 2.57. The molecule has 0 aliphatic heterocycles. The molecule has 6 heteroatoms. The number of rotatable bonds is 6. The summed E-state index contributed by atoms with van der Waals surface area (Å²) in [6.45, 7) is 4.03. The molecule has 120 valence electrons. The number of hydrogen-bond donors (Lipinski definition) is 4. The summed E-state index contributed by atoms with van der Waals surface area (Å²) >= 11 is 0. The van der Waals surface area contributed by atoms with Gasteiger partial charge in [-0.2, -0.15) is 0 Å². The van der Waals surface area contributed by atoms with Crippen LogP contribution in [0.3, 0.4) is 0 Å². The van der Waals surface area contributed by atoms with Crippen LogP contribution in [0.5, 0.6) is 0 Å². The minimum Gasteiger partial charge on any atom is -0.393 e. The number of nitrogens with one attached hydrogen (secondary N) is 3. The Morgan fingerprint density at radius 2 is 1.86 bits per heavy atom. The molecule has 4 N–H and O–H groups in total. The van der Waals surface area contributed by atoms with Gasteiger partial charge in [0.15, 0.2) is 5.96 Å². The van der Waals surface area contributed by atoms with Crippen LogP contribution in [0.15, 0.2) is 4.99 Å². The highest BCUT2D eigenvalue weighted by molar-refractivity contribution is 5.81. The number of amides is 1. The minimum atomic E-state index is -0.139. The third-order valence-corrected chi connectivity index (χ3v) is 4.01. The molecule has 0 radical (unpaired) electrons. The Morgan fingerprint density at radius 3 is 2.48 bits per heavy atom. The number of guanidine groups is 1. The average Bonchev–Trinajstić information content (AvgIpc) is 3.30. The number of carbonyl (C=O) groups is 1. The Labute approximate surface area is 126 Å². The predicted molar refractivity (Wildman–Crippen MR) is 83.1 cm³/mol. The molecular weight excluding hydrogens is 268 g/mol. The first-order chi connectivity index (χ1) is 10.2. The van der Waals surface area contributed by atoms with Gasteiger partial charge in [-0.1, -0.05) is 0 Å². The van der Waals surface area contributed by atoms with Gasteiger partial charge in [0.1, 0.15) is 0 Å². The van der Waals surface area contributed by atoms with E-state index < -0.39 is 0 Å². The maximum absolute atomic E-state index is 11.5. The molecule has 6 nitrogen and oxygen atoms in total. The third kappa shape index (κ3) is 5.91. The fraction of sp³-hybridized carbons (Fsp3) is 0.867. The molecule has 0 atom stereocenters. The molecule has 0 heterocycles. The van der Waals surface area contributed by atoms with Gasteiger partial charge in [0.2, 0.25) is 5.91 Å². The van der Waals surface area contributed by atoms with Crippen molar-refractivity contribution in [1.29, 1.82) is 0 Å². The van der Waals surface area contributed by atoms with Gasteiger partial charge in [-0.25, -0.2) is 0 Å². The van der Waals surface area contributed by atoms with Gasteiger partial charge < -0.3 is 21.1 Å². The third-order valence-electron chi connectivity index (χ3n) is 4.01. The van der Waals surface area contributed by atoms with Gasteiger partial charge in [-0.15, -0.1) is 0 Å². The van der Waals surface area contributed by atoms with Crippen LogP contribution in [0.25, 0.3) is 0 Å². The second-order valence-corrected chi connectivity index (χ2v) is 5.98. The van der Waals surface area contributed by atoms with E-state index in [4.69, 9.17) is 0 Å². The maximum atomic E-state index is 11.5. The van der Waals surface area contributed by atoms with E-state index in [0.29, 0.717) is 19.1 Å². The second kappa shape index (κ2) is 8.22. The van der Waals surface area contributed by atoms with Gasteiger partial charge in [-0.05, 0) is 45.4 Å². The zero-order chi connectivity index (χ0) is 15.1. The highest BCUT2D eigenvalue weighted by atomic mass is 16.3. The van der Waals surface area contributed by atoms with Crippen LogP contribution in [0, 0.1) is 5.92 Å². The summed E-state index contributed by atoms with van der Waals surface area (Å²) < 4.78 is 0. The molecule has 21 heavy (non-hydrogen) atoms. The molecular formula is C15H28N4O2. The van der Waals surface area contributed by atoms with Crippen LogP contribution in [-0.2, 0) is 4.79 Å². The number of hydrogen-bond acceptors (Lipinski definition) is 3. The van der Waals surface area contributed by atoms with Gasteiger partial charge in [0.05, 0.1) is 12.6 Å². The number of aliphatic imine (C=N–C) groups is 1. The van der Waals surface area contributed by atoms with Crippen LogP contribution < -0.4 is 16.0 Å². The Balaban J connectivity index is 1.69. The van der Waals surface area contributed by atoms with Crippen molar-refractivity contribution in [1.82, 2.24) is 16.0 Å². The molecule has 2 saturated carbocycles. The van der Waals surface area contributed by atoms with Crippen molar-refractivity contribution < 1.29 is 9.90 Å². The van der Waals surface area contributed by atoms with Crippen LogP contribution >= 0.6 is 0 Å². The van der Waals surface area contributed by atoms with Crippen LogP contribution in [-0.4, -0.2) is 48.8 Å². The highest BCUT2D eigenvalue weighted by Crippen LogP contribution is 2.28. The lowest BCUT2D eigenvalue weighted by Crippen LogP contribution is -2.45. The number of nitrogens with zero attached hydrogens (tertiary/aromatic N) is 1. The Hall–Kier alpha value is -1.30. The van der Waals surface area contributed by atoms with Crippen LogP contribution in [0.4, 0.5) is 0 Å². The summed E-state index contributed by atoms with van der Waals surface area (Å²) in [5.41, 5.74) is 0. The monoisotopic (exact) mass is 296 g/mol. The summed E-state index contributed by atoms with van der Waals surface area (Å²) in [6, 6.07) is 0.382. The standard InChI is InChI=1S/C15H28N4O2/c1-2-16-15(19-12-5-7-13(20)8-6-12)18-10-9-17-14(21)11-3-4-11/h11-13,20H,2-10H2,1H3,(H,17,21)(H2,16,18,19). The molecule has 2 rings (SSSR count). The first-order valence-electron chi connectivity index (χ1n) is 8.19. The number of carbonyl (C=O) groups excluding carboxylic acids is 1. The van der Waals surface area contributed by atoms with Crippen molar-refractivity contribution in [2.75, 3.05) is 19.6 Å². The fourth-order valence-electron chi connectivity index (χ4n) is 2.57. The topological polar surface area (TPSA) is 85.8 Å². The van der Waals surface area contributed by atoms with Gasteiger partial charge >= 0.3 is 0 Å². The van der Waals surface area contributed by atoms with Gasteiger partial charge in [0.25, 0.3) is 0 Å². The van der Waals surface area contributed by atoms with Crippen molar-refractivity contribution in [3.8, 4) is 0 Å². The second-order valence-electron chi connectivity index (χ2n) is 5.98.